The highest BCUT2D eigenvalue weighted by atomic mass is 16.5. The van der Waals surface area contributed by atoms with E-state index in [-0.39, 0.29) is 24.9 Å². The lowest BCUT2D eigenvalue weighted by Gasteiger charge is -2.14. The highest BCUT2D eigenvalue weighted by Gasteiger charge is 2.13. The first-order chi connectivity index (χ1) is 9.92. The second kappa shape index (κ2) is 8.29. The number of benzene rings is 1. The molecule has 5 nitrogen and oxygen atoms in total. The predicted octanol–water partition coefficient (Wildman–Crippen LogP) is 2.30. The van der Waals surface area contributed by atoms with Crippen LogP contribution >= 0.6 is 0 Å². The van der Waals surface area contributed by atoms with Gasteiger partial charge in [-0.2, -0.15) is 0 Å². The van der Waals surface area contributed by atoms with Gasteiger partial charge in [0, 0.05) is 13.0 Å². The predicted molar refractivity (Wildman–Crippen MR) is 80.5 cm³/mol. The Morgan fingerprint density at radius 1 is 1.33 bits per heavy atom. The maximum atomic E-state index is 11.7. The van der Waals surface area contributed by atoms with Crippen LogP contribution in [0.3, 0.4) is 0 Å². The van der Waals surface area contributed by atoms with Crippen molar-refractivity contribution in [2.24, 2.45) is 5.92 Å². The Bertz CT molecular complexity index is 499. The summed E-state index contributed by atoms with van der Waals surface area (Å²) in [6.45, 7) is 6.13. The Morgan fingerprint density at radius 2 is 2.05 bits per heavy atom. The molecule has 5 heteroatoms. The van der Waals surface area contributed by atoms with Gasteiger partial charge in [0.2, 0.25) is 0 Å². The summed E-state index contributed by atoms with van der Waals surface area (Å²) in [5.74, 6) is -0.442. The Labute approximate surface area is 125 Å². The van der Waals surface area contributed by atoms with E-state index in [0.29, 0.717) is 18.7 Å². The summed E-state index contributed by atoms with van der Waals surface area (Å²) in [6, 6.07) is 5.77. The third-order valence-corrected chi connectivity index (χ3v) is 3.32. The van der Waals surface area contributed by atoms with Crippen LogP contribution < -0.4 is 10.1 Å². The molecule has 1 aromatic rings. The van der Waals surface area contributed by atoms with Crippen LogP contribution in [0.15, 0.2) is 18.2 Å². The maximum absolute atomic E-state index is 11.7. The molecule has 0 saturated carbocycles. The Balaban J connectivity index is 2.38. The summed E-state index contributed by atoms with van der Waals surface area (Å²) in [5.41, 5.74) is 2.13. The van der Waals surface area contributed by atoms with Crippen LogP contribution in [-0.2, 0) is 9.59 Å². The van der Waals surface area contributed by atoms with E-state index >= 15 is 0 Å². The van der Waals surface area contributed by atoms with Crippen LogP contribution in [-0.4, -0.2) is 30.1 Å². The van der Waals surface area contributed by atoms with Gasteiger partial charge in [-0.3, -0.25) is 9.59 Å². The normalized spacial score (nSPS) is 11.8. The van der Waals surface area contributed by atoms with Gasteiger partial charge in [0.05, 0.1) is 0 Å². The molecule has 116 valence electrons. The quantitative estimate of drug-likeness (QED) is 0.771. The van der Waals surface area contributed by atoms with Gasteiger partial charge in [0.1, 0.15) is 5.75 Å². The number of carboxylic acid groups (broad SMARTS) is 1. The Morgan fingerprint density at radius 3 is 2.62 bits per heavy atom. The Kier molecular flexibility index (Phi) is 6.72. The molecular formula is C16H23NO4. The topological polar surface area (TPSA) is 75.6 Å². The molecule has 2 N–H and O–H groups in total. The number of rotatable bonds is 8. The molecule has 1 aromatic carbocycles. The number of amides is 1. The molecule has 0 fully saturated rings. The van der Waals surface area contributed by atoms with Crippen LogP contribution in [0.2, 0.25) is 0 Å². The van der Waals surface area contributed by atoms with Gasteiger partial charge in [0.25, 0.3) is 5.91 Å². The minimum Gasteiger partial charge on any atom is -0.484 e. The van der Waals surface area contributed by atoms with Gasteiger partial charge in [-0.1, -0.05) is 31.0 Å². The average molecular weight is 293 g/mol. The first kappa shape index (κ1) is 17.0. The third-order valence-electron chi connectivity index (χ3n) is 3.32. The summed E-state index contributed by atoms with van der Waals surface area (Å²) in [7, 11) is 0. The van der Waals surface area contributed by atoms with E-state index in [2.05, 4.69) is 5.32 Å². The van der Waals surface area contributed by atoms with Gasteiger partial charge < -0.3 is 15.2 Å². The maximum Gasteiger partial charge on any atom is 0.303 e. The second-order valence-corrected chi connectivity index (χ2v) is 5.23. The lowest BCUT2D eigenvalue weighted by atomic mass is 10.0. The first-order valence-electron chi connectivity index (χ1n) is 7.11. The molecule has 0 aromatic heterocycles. The van der Waals surface area contributed by atoms with Gasteiger partial charge in [0.15, 0.2) is 6.61 Å². The van der Waals surface area contributed by atoms with Crippen LogP contribution in [0.5, 0.6) is 5.75 Å². The zero-order valence-electron chi connectivity index (χ0n) is 12.8. The van der Waals surface area contributed by atoms with E-state index in [4.69, 9.17) is 9.84 Å². The molecule has 0 aliphatic rings. The molecule has 0 aliphatic heterocycles. The first-order valence-corrected chi connectivity index (χ1v) is 7.11. The van der Waals surface area contributed by atoms with Gasteiger partial charge in [-0.15, -0.1) is 0 Å². The summed E-state index contributed by atoms with van der Waals surface area (Å²) < 4.78 is 5.47. The van der Waals surface area contributed by atoms with E-state index in [9.17, 15) is 9.59 Å². The molecule has 0 aliphatic carbocycles. The number of hydrogen-bond donors (Lipinski definition) is 2. The smallest absolute Gasteiger partial charge is 0.303 e. The van der Waals surface area contributed by atoms with E-state index < -0.39 is 5.97 Å². The minimum atomic E-state index is -0.845. The SMILES string of the molecule is CCC(CNC(=O)COc1ccc(C)cc1C)CC(=O)O. The van der Waals surface area contributed by atoms with Crippen molar-refractivity contribution in [3.8, 4) is 5.75 Å². The number of aliphatic carboxylic acids is 1. The number of hydrogen-bond acceptors (Lipinski definition) is 3. The fourth-order valence-corrected chi connectivity index (χ4v) is 2.02. The number of ether oxygens (including phenoxy) is 1. The molecule has 1 unspecified atom stereocenters. The number of carbonyl (C=O) groups is 2. The number of carbonyl (C=O) groups excluding carboxylic acids is 1. The highest BCUT2D eigenvalue weighted by molar-refractivity contribution is 5.77. The summed E-state index contributed by atoms with van der Waals surface area (Å²) >= 11 is 0. The van der Waals surface area contributed by atoms with Crippen molar-refractivity contribution >= 4 is 11.9 Å². The van der Waals surface area contributed by atoms with Crippen LogP contribution in [0.1, 0.15) is 30.9 Å². The van der Waals surface area contributed by atoms with E-state index in [1.165, 1.54) is 0 Å². The standard InChI is InChI=1S/C16H23NO4/c1-4-13(8-16(19)20)9-17-15(18)10-21-14-6-5-11(2)7-12(14)3/h5-7,13H,4,8-10H2,1-3H3,(H,17,18)(H,19,20). The third kappa shape index (κ3) is 6.29. The zero-order chi connectivity index (χ0) is 15.8. The van der Waals surface area contributed by atoms with Crippen molar-refractivity contribution in [3.63, 3.8) is 0 Å². The summed E-state index contributed by atoms with van der Waals surface area (Å²) in [4.78, 5) is 22.4. The molecule has 1 atom stereocenters. The second-order valence-electron chi connectivity index (χ2n) is 5.23. The van der Waals surface area contributed by atoms with Gasteiger partial charge in [-0.25, -0.2) is 0 Å². The Hall–Kier alpha value is -2.04. The summed E-state index contributed by atoms with van der Waals surface area (Å²) in [5, 5.41) is 11.5. The van der Waals surface area contributed by atoms with Crippen LogP contribution in [0.25, 0.3) is 0 Å². The van der Waals surface area contributed by atoms with Crippen molar-refractivity contribution in [3.05, 3.63) is 29.3 Å². The van der Waals surface area contributed by atoms with Crippen molar-refractivity contribution in [1.82, 2.24) is 5.32 Å². The molecule has 1 amide bonds. The largest absolute Gasteiger partial charge is 0.484 e. The fraction of sp³-hybridized carbons (Fsp3) is 0.500. The lowest BCUT2D eigenvalue weighted by molar-refractivity contribution is -0.138. The van der Waals surface area contributed by atoms with Gasteiger partial charge in [-0.05, 0) is 31.4 Å². The zero-order valence-corrected chi connectivity index (χ0v) is 12.8. The van der Waals surface area contributed by atoms with E-state index in [1.54, 1.807) is 0 Å². The lowest BCUT2D eigenvalue weighted by Crippen LogP contribution is -2.33. The number of carboxylic acids is 1. The minimum absolute atomic E-state index is 0.0486. The number of aryl methyl sites for hydroxylation is 2. The van der Waals surface area contributed by atoms with Crippen LogP contribution in [0.4, 0.5) is 0 Å². The summed E-state index contributed by atoms with van der Waals surface area (Å²) in [6.07, 6.45) is 0.777. The molecule has 0 bridgehead atoms. The molecule has 0 saturated heterocycles. The monoisotopic (exact) mass is 293 g/mol. The number of nitrogens with one attached hydrogen (secondary N) is 1. The van der Waals surface area contributed by atoms with Crippen LogP contribution in [0, 0.1) is 19.8 Å². The van der Waals surface area contributed by atoms with E-state index in [0.717, 1.165) is 11.1 Å². The van der Waals surface area contributed by atoms with Crippen molar-refractivity contribution in [2.45, 2.75) is 33.6 Å². The highest BCUT2D eigenvalue weighted by Crippen LogP contribution is 2.18. The van der Waals surface area contributed by atoms with Gasteiger partial charge >= 0.3 is 5.97 Å². The fourth-order valence-electron chi connectivity index (χ4n) is 2.02. The van der Waals surface area contributed by atoms with Crippen molar-refractivity contribution in [2.75, 3.05) is 13.2 Å². The molecule has 0 radical (unpaired) electrons. The molecule has 21 heavy (non-hydrogen) atoms. The molecule has 0 spiro atoms. The average Bonchev–Trinajstić information content (AvgIpc) is 2.42. The molecule has 1 rings (SSSR count). The van der Waals surface area contributed by atoms with Crippen molar-refractivity contribution < 1.29 is 19.4 Å². The van der Waals surface area contributed by atoms with Crippen molar-refractivity contribution in [1.29, 1.82) is 0 Å². The molecule has 0 heterocycles. The van der Waals surface area contributed by atoms with E-state index in [1.807, 2.05) is 39.0 Å². The molecular weight excluding hydrogens is 270 g/mol.